The highest BCUT2D eigenvalue weighted by molar-refractivity contribution is 5.91. The van der Waals surface area contributed by atoms with Gasteiger partial charge in [-0.3, -0.25) is 4.79 Å². The number of hydrogen-bond donors (Lipinski definition) is 0. The molecule has 0 spiro atoms. The van der Waals surface area contributed by atoms with E-state index in [0.717, 1.165) is 22.1 Å². The fraction of sp³-hybridized carbons (Fsp3) is 0.150. The molecule has 25 heavy (non-hydrogen) atoms. The van der Waals surface area contributed by atoms with Crippen molar-refractivity contribution in [2.75, 3.05) is 7.11 Å². The molecule has 1 heterocycles. The van der Waals surface area contributed by atoms with Crippen LogP contribution in [0.25, 0.3) is 10.8 Å². The number of nitriles is 1. The van der Waals surface area contributed by atoms with E-state index < -0.39 is 5.56 Å². The molecule has 0 aliphatic heterocycles. The van der Waals surface area contributed by atoms with Crippen molar-refractivity contribution in [1.82, 2.24) is 4.68 Å². The SMILES string of the molecule is COc1ccc2cc(/C=N\n3c(C)cc(C)c(C#N)c3=O)ccc2c1. The van der Waals surface area contributed by atoms with Gasteiger partial charge in [0.1, 0.15) is 17.4 Å². The Bertz CT molecular complexity index is 1090. The van der Waals surface area contributed by atoms with Crippen LogP contribution in [-0.4, -0.2) is 18.0 Å². The molecule has 2 aromatic carbocycles. The maximum atomic E-state index is 12.4. The van der Waals surface area contributed by atoms with Crippen molar-refractivity contribution in [2.24, 2.45) is 5.10 Å². The van der Waals surface area contributed by atoms with E-state index in [1.54, 1.807) is 33.2 Å². The Kier molecular flexibility index (Phi) is 4.36. The third kappa shape index (κ3) is 3.15. The Hall–Kier alpha value is -3.39. The maximum Gasteiger partial charge on any atom is 0.289 e. The minimum Gasteiger partial charge on any atom is -0.497 e. The van der Waals surface area contributed by atoms with Gasteiger partial charge in [0.2, 0.25) is 0 Å². The van der Waals surface area contributed by atoms with Crippen LogP contribution in [0, 0.1) is 25.2 Å². The molecule has 0 aliphatic rings. The fourth-order valence-electron chi connectivity index (χ4n) is 2.73. The van der Waals surface area contributed by atoms with Gasteiger partial charge in [-0.15, -0.1) is 0 Å². The Morgan fingerprint density at radius 3 is 2.56 bits per heavy atom. The second-order valence-electron chi connectivity index (χ2n) is 5.79. The molecule has 0 amide bonds. The van der Waals surface area contributed by atoms with Crippen molar-refractivity contribution in [2.45, 2.75) is 13.8 Å². The molecule has 0 atom stereocenters. The monoisotopic (exact) mass is 331 g/mol. The van der Waals surface area contributed by atoms with Crippen LogP contribution < -0.4 is 10.3 Å². The molecule has 0 saturated carbocycles. The first-order valence-electron chi connectivity index (χ1n) is 7.79. The van der Waals surface area contributed by atoms with Gasteiger partial charge >= 0.3 is 0 Å². The summed E-state index contributed by atoms with van der Waals surface area (Å²) in [6, 6.07) is 15.4. The molecule has 3 aromatic rings. The zero-order valence-electron chi connectivity index (χ0n) is 14.3. The number of aryl methyl sites for hydroxylation is 2. The first-order chi connectivity index (χ1) is 12.0. The lowest BCUT2D eigenvalue weighted by molar-refractivity contribution is 0.415. The minimum atomic E-state index is -0.401. The Labute approximate surface area is 145 Å². The van der Waals surface area contributed by atoms with Crippen LogP contribution >= 0.6 is 0 Å². The van der Waals surface area contributed by atoms with Crippen molar-refractivity contribution < 1.29 is 4.74 Å². The zero-order valence-corrected chi connectivity index (χ0v) is 14.3. The number of nitrogens with zero attached hydrogens (tertiary/aromatic N) is 3. The van der Waals surface area contributed by atoms with Gasteiger partial charge in [0.15, 0.2) is 0 Å². The van der Waals surface area contributed by atoms with Gasteiger partial charge in [-0.25, -0.2) is 4.68 Å². The summed E-state index contributed by atoms with van der Waals surface area (Å²) >= 11 is 0. The quantitative estimate of drug-likeness (QED) is 0.691. The number of ether oxygens (including phenoxy) is 1. The third-order valence-electron chi connectivity index (χ3n) is 4.07. The molecule has 0 N–H and O–H groups in total. The topological polar surface area (TPSA) is 67.4 Å². The maximum absolute atomic E-state index is 12.4. The van der Waals surface area contributed by atoms with Gasteiger partial charge in [0.25, 0.3) is 5.56 Å². The van der Waals surface area contributed by atoms with Gasteiger partial charge in [0, 0.05) is 5.69 Å². The van der Waals surface area contributed by atoms with Gasteiger partial charge in [-0.1, -0.05) is 18.2 Å². The Morgan fingerprint density at radius 1 is 1.12 bits per heavy atom. The summed E-state index contributed by atoms with van der Waals surface area (Å²) in [6.45, 7) is 3.54. The molecule has 0 bridgehead atoms. The van der Waals surface area contributed by atoms with Crippen molar-refractivity contribution in [3.63, 3.8) is 0 Å². The summed E-state index contributed by atoms with van der Waals surface area (Å²) in [6.07, 6.45) is 1.62. The summed E-state index contributed by atoms with van der Waals surface area (Å²) in [5.74, 6) is 0.805. The number of hydrogen-bond acceptors (Lipinski definition) is 4. The smallest absolute Gasteiger partial charge is 0.289 e. The van der Waals surface area contributed by atoms with Gasteiger partial charge in [-0.2, -0.15) is 10.4 Å². The molecule has 0 radical (unpaired) electrons. The molecule has 124 valence electrons. The second-order valence-corrected chi connectivity index (χ2v) is 5.79. The summed E-state index contributed by atoms with van der Waals surface area (Å²) in [7, 11) is 1.64. The molecule has 5 heteroatoms. The predicted molar refractivity (Wildman–Crippen MR) is 98.4 cm³/mol. The number of rotatable bonds is 3. The molecular formula is C20H17N3O2. The van der Waals surface area contributed by atoms with E-state index in [0.29, 0.717) is 11.3 Å². The van der Waals surface area contributed by atoms with Crippen molar-refractivity contribution >= 4 is 17.0 Å². The molecular weight excluding hydrogens is 314 g/mol. The number of methoxy groups -OCH3 is 1. The van der Waals surface area contributed by atoms with Crippen LogP contribution in [0.3, 0.4) is 0 Å². The lowest BCUT2D eigenvalue weighted by Crippen LogP contribution is -2.22. The van der Waals surface area contributed by atoms with Gasteiger partial charge in [-0.05, 0) is 60.0 Å². The minimum absolute atomic E-state index is 0.119. The molecule has 0 aliphatic carbocycles. The summed E-state index contributed by atoms with van der Waals surface area (Å²) in [5.41, 5.74) is 1.93. The Balaban J connectivity index is 2.02. The zero-order chi connectivity index (χ0) is 18.0. The third-order valence-corrected chi connectivity index (χ3v) is 4.07. The number of aromatic nitrogens is 1. The van der Waals surface area contributed by atoms with E-state index in [-0.39, 0.29) is 5.56 Å². The van der Waals surface area contributed by atoms with E-state index in [1.807, 2.05) is 42.5 Å². The van der Waals surface area contributed by atoms with E-state index in [1.165, 1.54) is 4.68 Å². The van der Waals surface area contributed by atoms with Crippen molar-refractivity contribution in [3.8, 4) is 11.8 Å². The van der Waals surface area contributed by atoms with E-state index in [9.17, 15) is 4.79 Å². The van der Waals surface area contributed by atoms with E-state index >= 15 is 0 Å². The predicted octanol–water partition coefficient (Wildman–Crippen LogP) is 3.38. The van der Waals surface area contributed by atoms with Crippen LogP contribution in [0.5, 0.6) is 5.75 Å². The highest BCUT2D eigenvalue weighted by Crippen LogP contribution is 2.21. The summed E-state index contributed by atoms with van der Waals surface area (Å²) in [5, 5.41) is 15.5. The van der Waals surface area contributed by atoms with E-state index in [4.69, 9.17) is 10.00 Å². The van der Waals surface area contributed by atoms with Crippen LogP contribution in [0.1, 0.15) is 22.4 Å². The molecule has 0 saturated heterocycles. The largest absolute Gasteiger partial charge is 0.497 e. The lowest BCUT2D eigenvalue weighted by atomic mass is 10.1. The fourth-order valence-corrected chi connectivity index (χ4v) is 2.73. The van der Waals surface area contributed by atoms with Crippen molar-refractivity contribution in [1.29, 1.82) is 5.26 Å². The normalized spacial score (nSPS) is 11.0. The average molecular weight is 331 g/mol. The average Bonchev–Trinajstić information content (AvgIpc) is 2.61. The van der Waals surface area contributed by atoms with Crippen LogP contribution in [0.2, 0.25) is 0 Å². The molecule has 0 unspecified atom stereocenters. The highest BCUT2D eigenvalue weighted by atomic mass is 16.5. The number of pyridine rings is 1. The lowest BCUT2D eigenvalue weighted by Gasteiger charge is -2.06. The van der Waals surface area contributed by atoms with Gasteiger partial charge in [0.05, 0.1) is 13.3 Å². The molecule has 3 rings (SSSR count). The van der Waals surface area contributed by atoms with Crippen LogP contribution in [-0.2, 0) is 0 Å². The Morgan fingerprint density at radius 2 is 1.84 bits per heavy atom. The van der Waals surface area contributed by atoms with Crippen molar-refractivity contribution in [3.05, 3.63) is 75.2 Å². The summed E-state index contributed by atoms with van der Waals surface area (Å²) in [4.78, 5) is 12.4. The number of fused-ring (bicyclic) bond motifs is 1. The molecule has 0 fully saturated rings. The first kappa shape index (κ1) is 16.5. The highest BCUT2D eigenvalue weighted by Gasteiger charge is 2.09. The summed E-state index contributed by atoms with van der Waals surface area (Å²) < 4.78 is 6.48. The van der Waals surface area contributed by atoms with Crippen LogP contribution in [0.4, 0.5) is 0 Å². The molecule has 1 aromatic heterocycles. The molecule has 5 nitrogen and oxygen atoms in total. The second kappa shape index (κ2) is 6.62. The van der Waals surface area contributed by atoms with Crippen LogP contribution in [0.15, 0.2) is 52.4 Å². The standard InChI is InChI=1S/C20H17N3O2/c1-13-8-14(2)23(20(24)19(13)11-21)22-12-15-4-5-17-10-18(25-3)7-6-16(17)9-15/h4-10,12H,1-3H3/b22-12-. The van der Waals surface area contributed by atoms with Gasteiger partial charge < -0.3 is 4.74 Å². The number of benzene rings is 2. The first-order valence-corrected chi connectivity index (χ1v) is 7.79. The van der Waals surface area contributed by atoms with E-state index in [2.05, 4.69) is 5.10 Å².